The second-order valence-electron chi connectivity index (χ2n) is 7.38. The molecule has 2 amide bonds. The number of sulfonamides is 1. The highest BCUT2D eigenvalue weighted by atomic mass is 32.2. The summed E-state index contributed by atoms with van der Waals surface area (Å²) in [6.07, 6.45) is 5.11. The van der Waals surface area contributed by atoms with Crippen LogP contribution >= 0.6 is 0 Å². The zero-order valence-electron chi connectivity index (χ0n) is 15.3. The van der Waals surface area contributed by atoms with Crippen molar-refractivity contribution in [3.8, 4) is 0 Å². The molecule has 0 radical (unpaired) electrons. The van der Waals surface area contributed by atoms with Gasteiger partial charge in [0, 0.05) is 26.2 Å². The molecule has 2 fully saturated rings. The smallest absolute Gasteiger partial charge is 0.243 e. The molecular formula is C19H22FN3O4S. The van der Waals surface area contributed by atoms with E-state index >= 15 is 0 Å². The van der Waals surface area contributed by atoms with Crippen LogP contribution in [0.2, 0.25) is 0 Å². The van der Waals surface area contributed by atoms with Gasteiger partial charge in [0.15, 0.2) is 0 Å². The van der Waals surface area contributed by atoms with Crippen LogP contribution in [0, 0.1) is 17.7 Å². The summed E-state index contributed by atoms with van der Waals surface area (Å²) in [6.45, 7) is 1.45. The Morgan fingerprint density at radius 3 is 2.14 bits per heavy atom. The maximum Gasteiger partial charge on any atom is 0.243 e. The molecule has 1 aromatic rings. The lowest BCUT2D eigenvalue weighted by molar-refractivity contribution is -0.142. The first-order valence-corrected chi connectivity index (χ1v) is 10.8. The maximum absolute atomic E-state index is 13.4. The summed E-state index contributed by atoms with van der Waals surface area (Å²) in [5.41, 5.74) is 0. The molecule has 4 rings (SSSR count). The van der Waals surface area contributed by atoms with E-state index in [4.69, 9.17) is 0 Å². The summed E-state index contributed by atoms with van der Waals surface area (Å²) in [6, 6.07) is 4.96. The molecule has 2 heterocycles. The predicted molar refractivity (Wildman–Crippen MR) is 98.8 cm³/mol. The standard InChI is InChI=1S/C19H22FN3O4S/c20-14-4-3-5-15(12-14)28(26,27)22-10-8-21(9-11-22)13-23-18(24)16-6-1-2-7-17(16)19(23)25/h1-5,12,16-17H,6-11,13H2/t16-,17+. The Morgan fingerprint density at radius 2 is 1.57 bits per heavy atom. The number of likely N-dealkylation sites (tertiary alicyclic amines) is 1. The number of carbonyl (C=O) groups is 2. The average molecular weight is 407 g/mol. The van der Waals surface area contributed by atoms with Gasteiger partial charge >= 0.3 is 0 Å². The Kier molecular flexibility index (Phi) is 5.07. The number of halogens is 1. The number of carbonyl (C=O) groups excluding carboxylic acids is 2. The fourth-order valence-corrected chi connectivity index (χ4v) is 5.55. The molecule has 28 heavy (non-hydrogen) atoms. The largest absolute Gasteiger partial charge is 0.283 e. The molecule has 9 heteroatoms. The summed E-state index contributed by atoms with van der Waals surface area (Å²) in [7, 11) is -3.76. The molecule has 0 saturated carbocycles. The van der Waals surface area contributed by atoms with Crippen LogP contribution in [0.15, 0.2) is 41.3 Å². The van der Waals surface area contributed by atoms with Gasteiger partial charge in [-0.1, -0.05) is 18.2 Å². The molecule has 0 N–H and O–H groups in total. The lowest BCUT2D eigenvalue weighted by atomic mass is 9.85. The lowest BCUT2D eigenvalue weighted by Gasteiger charge is -2.35. The molecule has 1 aromatic carbocycles. The third-order valence-electron chi connectivity index (χ3n) is 5.71. The Morgan fingerprint density at radius 1 is 0.964 bits per heavy atom. The van der Waals surface area contributed by atoms with Gasteiger partial charge in [-0.3, -0.25) is 19.4 Å². The number of hydrogen-bond acceptors (Lipinski definition) is 5. The average Bonchev–Trinajstić information content (AvgIpc) is 2.94. The van der Waals surface area contributed by atoms with E-state index in [0.717, 1.165) is 6.07 Å². The van der Waals surface area contributed by atoms with Gasteiger partial charge in [0.1, 0.15) is 5.82 Å². The number of nitrogens with zero attached hydrogens (tertiary/aromatic N) is 3. The van der Waals surface area contributed by atoms with Gasteiger partial charge in [0.25, 0.3) is 0 Å². The topological polar surface area (TPSA) is 78.0 Å². The van der Waals surface area contributed by atoms with E-state index in [1.807, 2.05) is 17.1 Å². The fraction of sp³-hybridized carbons (Fsp3) is 0.474. The van der Waals surface area contributed by atoms with Crippen molar-refractivity contribution >= 4 is 21.8 Å². The van der Waals surface area contributed by atoms with Crippen molar-refractivity contribution in [1.82, 2.24) is 14.1 Å². The first kappa shape index (κ1) is 19.2. The van der Waals surface area contributed by atoms with Crippen LogP contribution in [0.3, 0.4) is 0 Å². The molecule has 0 spiro atoms. The van der Waals surface area contributed by atoms with Crippen LogP contribution in [-0.2, 0) is 19.6 Å². The van der Waals surface area contributed by atoms with E-state index in [2.05, 4.69) is 0 Å². The Bertz CT molecular complexity index is 899. The number of imide groups is 1. The number of allylic oxidation sites excluding steroid dienone is 2. The van der Waals surface area contributed by atoms with Gasteiger partial charge in [-0.15, -0.1) is 0 Å². The molecule has 2 saturated heterocycles. The number of fused-ring (bicyclic) bond motifs is 1. The Hall–Kier alpha value is -2.10. The quantitative estimate of drug-likeness (QED) is 0.551. The predicted octanol–water partition coefficient (Wildman–Crippen LogP) is 1.04. The molecule has 150 valence electrons. The monoisotopic (exact) mass is 407 g/mol. The van der Waals surface area contributed by atoms with Crippen LogP contribution in [0.25, 0.3) is 0 Å². The summed E-state index contributed by atoms with van der Waals surface area (Å²) in [5, 5.41) is 0. The first-order chi connectivity index (χ1) is 13.4. The molecule has 1 aliphatic carbocycles. The summed E-state index contributed by atoms with van der Waals surface area (Å²) in [5.74, 6) is -1.37. The van der Waals surface area contributed by atoms with Crippen LogP contribution in [0.5, 0.6) is 0 Å². The second kappa shape index (κ2) is 7.38. The van der Waals surface area contributed by atoms with Crippen LogP contribution in [0.4, 0.5) is 4.39 Å². The normalized spacial score (nSPS) is 26.7. The van der Waals surface area contributed by atoms with Crippen LogP contribution < -0.4 is 0 Å². The molecule has 7 nitrogen and oxygen atoms in total. The van der Waals surface area contributed by atoms with Gasteiger partial charge in [-0.2, -0.15) is 4.31 Å². The Balaban J connectivity index is 1.38. The summed E-state index contributed by atoms with van der Waals surface area (Å²) in [4.78, 5) is 28.3. The molecule has 2 atom stereocenters. The minimum atomic E-state index is -3.76. The summed E-state index contributed by atoms with van der Waals surface area (Å²) >= 11 is 0. The highest BCUT2D eigenvalue weighted by Crippen LogP contribution is 2.35. The molecule has 0 aromatic heterocycles. The second-order valence-corrected chi connectivity index (χ2v) is 9.32. The van der Waals surface area contributed by atoms with Crippen molar-refractivity contribution in [3.63, 3.8) is 0 Å². The SMILES string of the molecule is O=C1[C@H]2CC=CC[C@H]2C(=O)N1CN1CCN(S(=O)(=O)c2cccc(F)c2)CC1. The highest BCUT2D eigenvalue weighted by molar-refractivity contribution is 7.89. The van der Waals surface area contributed by atoms with E-state index in [0.29, 0.717) is 25.9 Å². The first-order valence-electron chi connectivity index (χ1n) is 9.36. The third-order valence-corrected chi connectivity index (χ3v) is 7.60. The molecule has 2 aliphatic heterocycles. The van der Waals surface area contributed by atoms with E-state index in [1.54, 1.807) is 0 Å². The lowest BCUT2D eigenvalue weighted by Crippen LogP contribution is -2.52. The van der Waals surface area contributed by atoms with Crippen LogP contribution in [-0.4, -0.2) is 67.2 Å². The number of hydrogen-bond donors (Lipinski definition) is 0. The fourth-order valence-electron chi connectivity index (χ4n) is 4.10. The molecular weight excluding hydrogens is 385 g/mol. The minimum absolute atomic E-state index is 0.0672. The zero-order valence-corrected chi connectivity index (χ0v) is 16.1. The molecule has 0 bridgehead atoms. The van der Waals surface area contributed by atoms with Gasteiger partial charge < -0.3 is 0 Å². The molecule has 3 aliphatic rings. The van der Waals surface area contributed by atoms with Crippen molar-refractivity contribution in [2.24, 2.45) is 11.8 Å². The molecule has 0 unspecified atom stereocenters. The minimum Gasteiger partial charge on any atom is -0.283 e. The van der Waals surface area contributed by atoms with Crippen molar-refractivity contribution in [2.75, 3.05) is 32.8 Å². The van der Waals surface area contributed by atoms with Crippen LogP contribution in [0.1, 0.15) is 12.8 Å². The number of amides is 2. The van der Waals surface area contributed by atoms with Crippen molar-refractivity contribution in [1.29, 1.82) is 0 Å². The Labute approximate surface area is 163 Å². The van der Waals surface area contributed by atoms with Crippen molar-refractivity contribution < 1.29 is 22.4 Å². The maximum atomic E-state index is 13.4. The highest BCUT2D eigenvalue weighted by Gasteiger charge is 2.47. The van der Waals surface area contributed by atoms with Gasteiger partial charge in [-0.25, -0.2) is 12.8 Å². The van der Waals surface area contributed by atoms with Crippen molar-refractivity contribution in [2.45, 2.75) is 17.7 Å². The third kappa shape index (κ3) is 3.38. The number of piperazine rings is 1. The van der Waals surface area contributed by atoms with E-state index in [-0.39, 0.29) is 48.3 Å². The van der Waals surface area contributed by atoms with E-state index in [1.165, 1.54) is 27.4 Å². The summed E-state index contributed by atoms with van der Waals surface area (Å²) < 4.78 is 40.1. The van der Waals surface area contributed by atoms with Gasteiger partial charge in [-0.05, 0) is 31.0 Å². The van der Waals surface area contributed by atoms with Gasteiger partial charge in [0.2, 0.25) is 21.8 Å². The van der Waals surface area contributed by atoms with E-state index in [9.17, 15) is 22.4 Å². The van der Waals surface area contributed by atoms with E-state index < -0.39 is 15.8 Å². The van der Waals surface area contributed by atoms with Crippen molar-refractivity contribution in [3.05, 3.63) is 42.2 Å². The number of rotatable bonds is 4. The zero-order chi connectivity index (χ0) is 19.9. The number of benzene rings is 1. The van der Waals surface area contributed by atoms with Gasteiger partial charge in [0.05, 0.1) is 23.4 Å².